The number of hydrogen-bond acceptors (Lipinski definition) is 3. The molecule has 0 aliphatic carbocycles. The second kappa shape index (κ2) is 2.54. The summed E-state index contributed by atoms with van der Waals surface area (Å²) in [7, 11) is 1.56. The molecule has 0 amide bonds. The van der Waals surface area contributed by atoms with E-state index in [4.69, 9.17) is 10.00 Å². The van der Waals surface area contributed by atoms with Gasteiger partial charge < -0.3 is 14.6 Å². The van der Waals surface area contributed by atoms with Gasteiger partial charge in [0.2, 0.25) is 0 Å². The molecule has 0 aromatic rings. The minimum Gasteiger partial charge on any atom is -0.633 e. The first-order chi connectivity index (χ1) is 4.64. The summed E-state index contributed by atoms with van der Waals surface area (Å²) in [6.45, 7) is 1.12. The Bertz CT molecular complexity index is 162. The van der Waals surface area contributed by atoms with Crippen molar-refractivity contribution in [2.75, 3.05) is 26.7 Å². The van der Waals surface area contributed by atoms with Crippen LogP contribution in [-0.4, -0.2) is 37.5 Å². The molecular weight excluding hydrogens is 132 g/mol. The molecule has 2 unspecified atom stereocenters. The van der Waals surface area contributed by atoms with E-state index in [0.717, 1.165) is 0 Å². The summed E-state index contributed by atoms with van der Waals surface area (Å²) in [4.78, 5) is 0. The fourth-order valence-electron chi connectivity index (χ4n) is 0.961. The van der Waals surface area contributed by atoms with Crippen LogP contribution in [0.1, 0.15) is 0 Å². The highest BCUT2D eigenvalue weighted by molar-refractivity contribution is 4.85. The lowest BCUT2D eigenvalue weighted by Gasteiger charge is -2.42. The topological polar surface area (TPSA) is 56.1 Å². The maximum atomic E-state index is 11.2. The zero-order valence-corrected chi connectivity index (χ0v) is 5.91. The van der Waals surface area contributed by atoms with Crippen LogP contribution in [0.2, 0.25) is 0 Å². The number of hydrogen-bond donors (Lipinski definition) is 0. The third-order valence-corrected chi connectivity index (χ3v) is 1.58. The monoisotopic (exact) mass is 142 g/mol. The van der Waals surface area contributed by atoms with Crippen LogP contribution in [0.5, 0.6) is 0 Å². The number of rotatable bonds is 0. The predicted octanol–water partition coefficient (Wildman–Crippen LogP) is -0.147. The Labute approximate surface area is 59.8 Å². The number of ether oxygens (including phenoxy) is 1. The van der Waals surface area contributed by atoms with Gasteiger partial charge in [-0.25, -0.2) is 0 Å². The van der Waals surface area contributed by atoms with Crippen LogP contribution in [-0.2, 0) is 4.74 Å². The molecule has 1 aliphatic heterocycles. The molecule has 0 bridgehead atoms. The lowest BCUT2D eigenvalue weighted by molar-refractivity contribution is -0.871. The predicted molar refractivity (Wildman–Crippen MR) is 34.6 cm³/mol. The van der Waals surface area contributed by atoms with Crippen LogP contribution < -0.4 is 0 Å². The first-order valence-corrected chi connectivity index (χ1v) is 3.21. The van der Waals surface area contributed by atoms with E-state index in [-0.39, 0.29) is 11.2 Å². The molecule has 0 aromatic heterocycles. The highest BCUT2D eigenvalue weighted by Gasteiger charge is 2.24. The Morgan fingerprint density at radius 1 is 1.80 bits per heavy atom. The van der Waals surface area contributed by atoms with E-state index < -0.39 is 6.10 Å². The zero-order chi connectivity index (χ0) is 7.61. The van der Waals surface area contributed by atoms with Crippen molar-refractivity contribution in [3.8, 4) is 6.07 Å². The van der Waals surface area contributed by atoms with Gasteiger partial charge in [-0.05, 0) is 0 Å². The van der Waals surface area contributed by atoms with E-state index in [2.05, 4.69) is 0 Å². The second-order valence-corrected chi connectivity index (χ2v) is 2.69. The molecule has 2 atom stereocenters. The van der Waals surface area contributed by atoms with Gasteiger partial charge in [-0.15, -0.1) is 0 Å². The molecule has 10 heavy (non-hydrogen) atoms. The van der Waals surface area contributed by atoms with Crippen molar-refractivity contribution in [3.63, 3.8) is 0 Å². The summed E-state index contributed by atoms with van der Waals surface area (Å²) in [5.41, 5.74) is 0. The number of likely N-dealkylation sites (N-methyl/N-ethyl adjacent to an activating group) is 1. The van der Waals surface area contributed by atoms with Gasteiger partial charge in [0, 0.05) is 0 Å². The molecule has 0 N–H and O–H groups in total. The van der Waals surface area contributed by atoms with E-state index in [1.54, 1.807) is 7.05 Å². The van der Waals surface area contributed by atoms with Crippen molar-refractivity contribution >= 4 is 0 Å². The zero-order valence-electron chi connectivity index (χ0n) is 5.91. The summed E-state index contributed by atoms with van der Waals surface area (Å²) in [6.07, 6.45) is -0.503. The van der Waals surface area contributed by atoms with Crippen molar-refractivity contribution in [1.82, 2.24) is 0 Å². The quantitative estimate of drug-likeness (QED) is 0.349. The Hall–Kier alpha value is -0.630. The number of hydroxylamine groups is 3. The van der Waals surface area contributed by atoms with Gasteiger partial charge in [0.05, 0.1) is 13.7 Å². The Morgan fingerprint density at radius 3 is 2.90 bits per heavy atom. The Kier molecular flexibility index (Phi) is 1.90. The number of morpholine rings is 1. The first-order valence-electron chi connectivity index (χ1n) is 3.21. The minimum absolute atomic E-state index is 0.260. The molecule has 4 nitrogen and oxygen atoms in total. The van der Waals surface area contributed by atoms with E-state index in [1.807, 2.05) is 6.07 Å². The van der Waals surface area contributed by atoms with Crippen LogP contribution in [0.15, 0.2) is 0 Å². The summed E-state index contributed by atoms with van der Waals surface area (Å²) in [5.74, 6) is 0. The summed E-state index contributed by atoms with van der Waals surface area (Å²) >= 11 is 0. The highest BCUT2D eigenvalue weighted by Crippen LogP contribution is 2.09. The Morgan fingerprint density at radius 2 is 2.50 bits per heavy atom. The van der Waals surface area contributed by atoms with E-state index in [9.17, 15) is 5.21 Å². The van der Waals surface area contributed by atoms with Gasteiger partial charge in [-0.3, -0.25) is 0 Å². The summed E-state index contributed by atoms with van der Waals surface area (Å²) < 4.78 is 4.64. The number of nitriles is 1. The van der Waals surface area contributed by atoms with Gasteiger partial charge >= 0.3 is 0 Å². The van der Waals surface area contributed by atoms with Gasteiger partial charge in [-0.2, -0.15) is 5.26 Å². The van der Waals surface area contributed by atoms with E-state index in [0.29, 0.717) is 13.2 Å². The standard InChI is InChI=1S/C6H10N2O2/c1-8(9)2-3-10-6(4-7)5-8/h6H,2-3,5H2,1H3. The minimum atomic E-state index is -0.503. The number of quaternary nitrogens is 1. The van der Waals surface area contributed by atoms with E-state index >= 15 is 0 Å². The second-order valence-electron chi connectivity index (χ2n) is 2.69. The van der Waals surface area contributed by atoms with E-state index in [1.165, 1.54) is 0 Å². The molecular formula is C6H10N2O2. The van der Waals surface area contributed by atoms with Crippen molar-refractivity contribution in [2.45, 2.75) is 6.10 Å². The van der Waals surface area contributed by atoms with Crippen molar-refractivity contribution < 1.29 is 9.38 Å². The molecule has 0 spiro atoms. The maximum Gasteiger partial charge on any atom is 0.193 e. The number of nitrogens with zero attached hydrogens (tertiary/aromatic N) is 2. The highest BCUT2D eigenvalue weighted by atomic mass is 16.6. The molecule has 1 aliphatic rings. The van der Waals surface area contributed by atoms with Gasteiger partial charge in [-0.1, -0.05) is 0 Å². The van der Waals surface area contributed by atoms with Crippen LogP contribution in [0.4, 0.5) is 0 Å². The average molecular weight is 142 g/mol. The van der Waals surface area contributed by atoms with Gasteiger partial charge in [0.1, 0.15) is 19.2 Å². The molecule has 1 fully saturated rings. The molecule has 0 radical (unpaired) electrons. The molecule has 56 valence electrons. The maximum absolute atomic E-state index is 11.2. The third kappa shape index (κ3) is 1.67. The normalized spacial score (nSPS) is 40.7. The molecule has 0 saturated carbocycles. The molecule has 1 rings (SSSR count). The SMILES string of the molecule is C[N+]1([O-])CCOC(C#N)C1. The first kappa shape index (κ1) is 7.48. The van der Waals surface area contributed by atoms with Crippen LogP contribution in [0.3, 0.4) is 0 Å². The third-order valence-electron chi connectivity index (χ3n) is 1.58. The molecule has 4 heteroatoms. The van der Waals surface area contributed by atoms with Crippen molar-refractivity contribution in [3.05, 3.63) is 5.21 Å². The van der Waals surface area contributed by atoms with Crippen LogP contribution >= 0.6 is 0 Å². The fraction of sp³-hybridized carbons (Fsp3) is 0.833. The fourth-order valence-corrected chi connectivity index (χ4v) is 0.961. The molecule has 1 heterocycles. The van der Waals surface area contributed by atoms with Crippen molar-refractivity contribution in [2.24, 2.45) is 0 Å². The average Bonchev–Trinajstić information content (AvgIpc) is 1.86. The van der Waals surface area contributed by atoms with Gasteiger partial charge in [0.15, 0.2) is 6.10 Å². The van der Waals surface area contributed by atoms with Crippen LogP contribution in [0, 0.1) is 16.5 Å². The smallest absolute Gasteiger partial charge is 0.193 e. The lowest BCUT2D eigenvalue weighted by Crippen LogP contribution is -2.50. The summed E-state index contributed by atoms with van der Waals surface area (Å²) in [6, 6.07) is 1.92. The Balaban J connectivity index is 2.49. The van der Waals surface area contributed by atoms with Crippen LogP contribution in [0.25, 0.3) is 0 Å². The van der Waals surface area contributed by atoms with Crippen molar-refractivity contribution in [1.29, 1.82) is 5.26 Å². The largest absolute Gasteiger partial charge is 0.633 e. The molecule has 0 aromatic carbocycles. The molecule has 1 saturated heterocycles. The van der Waals surface area contributed by atoms with Gasteiger partial charge in [0.25, 0.3) is 0 Å². The lowest BCUT2D eigenvalue weighted by atomic mass is 10.3. The summed E-state index contributed by atoms with van der Waals surface area (Å²) in [5, 5.41) is 19.6.